The number of thiazole rings is 1. The van der Waals surface area contributed by atoms with Crippen LogP contribution >= 0.6 is 11.3 Å². The number of carboxylic acids is 1. The molecule has 0 bridgehead atoms. The summed E-state index contributed by atoms with van der Waals surface area (Å²) in [6, 6.07) is 8.58. The van der Waals surface area contributed by atoms with Gasteiger partial charge < -0.3 is 20.5 Å². The van der Waals surface area contributed by atoms with Crippen LogP contribution in [0.2, 0.25) is 0 Å². The van der Waals surface area contributed by atoms with Crippen LogP contribution in [0.15, 0.2) is 41.3 Å². The van der Waals surface area contributed by atoms with E-state index < -0.39 is 28.0 Å². The molecule has 11 nitrogen and oxygen atoms in total. The molecule has 1 aromatic carbocycles. The van der Waals surface area contributed by atoms with Gasteiger partial charge in [-0.25, -0.2) is 18.4 Å². The van der Waals surface area contributed by atoms with Crippen LogP contribution in [0.3, 0.4) is 0 Å². The van der Waals surface area contributed by atoms with E-state index in [0.717, 1.165) is 30.0 Å². The molecule has 0 spiro atoms. The first kappa shape index (κ1) is 27.4. The third-order valence-electron chi connectivity index (χ3n) is 7.40. The highest BCUT2D eigenvalue weighted by Crippen LogP contribution is 2.36. The second-order valence-electron chi connectivity index (χ2n) is 9.87. The van der Waals surface area contributed by atoms with Crippen molar-refractivity contribution >= 4 is 48.7 Å². The molecule has 2 aromatic heterocycles. The van der Waals surface area contributed by atoms with Gasteiger partial charge >= 0.3 is 5.97 Å². The number of anilines is 1. The van der Waals surface area contributed by atoms with Gasteiger partial charge in [0.1, 0.15) is 16.4 Å². The van der Waals surface area contributed by atoms with Gasteiger partial charge in [-0.1, -0.05) is 49.2 Å². The van der Waals surface area contributed by atoms with E-state index in [1.54, 1.807) is 24.3 Å². The number of fused-ring (bicyclic) bond motifs is 1. The predicted molar refractivity (Wildman–Crippen MR) is 147 cm³/mol. The largest absolute Gasteiger partial charge is 0.481 e. The standard InChI is InChI=1S/C26H31N5O6S2/c1-37-22-11-10-20-24(29-22)38-26(28-20)30-23(32)19(14-16-4-2-3-5-16)17-6-8-18(9-7-17)39(35,36)31-13-12-27-15-21(31)25(33)34/h6-11,16,19,21,27H,2-5,12-15H2,1H3,(H,33,34)(H,28,30,32)/t19-,21?/m1/s1. The number of piperazine rings is 1. The molecule has 13 heteroatoms. The first-order valence-corrected chi connectivity index (χ1v) is 15.2. The number of methoxy groups -OCH3 is 1. The highest BCUT2D eigenvalue weighted by molar-refractivity contribution is 7.89. The molecule has 208 valence electrons. The predicted octanol–water partition coefficient (Wildman–Crippen LogP) is 3.05. The molecular formula is C26H31N5O6S2. The van der Waals surface area contributed by atoms with E-state index in [0.29, 0.717) is 45.8 Å². The van der Waals surface area contributed by atoms with Gasteiger partial charge in [0, 0.05) is 25.7 Å². The summed E-state index contributed by atoms with van der Waals surface area (Å²) in [6.07, 6.45) is 5.03. The van der Waals surface area contributed by atoms with E-state index in [-0.39, 0.29) is 23.9 Å². The minimum atomic E-state index is -4.02. The molecular weight excluding hydrogens is 542 g/mol. The number of amides is 1. The molecule has 3 heterocycles. The number of pyridine rings is 1. The lowest BCUT2D eigenvalue weighted by molar-refractivity contribution is -0.141. The van der Waals surface area contributed by atoms with Crippen molar-refractivity contribution < 1.29 is 27.9 Å². The van der Waals surface area contributed by atoms with Gasteiger partial charge in [-0.2, -0.15) is 4.31 Å². The van der Waals surface area contributed by atoms with Gasteiger partial charge in [-0.15, -0.1) is 0 Å². The summed E-state index contributed by atoms with van der Waals surface area (Å²) in [5.41, 5.74) is 1.36. The molecule has 5 rings (SSSR count). The average molecular weight is 574 g/mol. The number of nitrogens with one attached hydrogen (secondary N) is 2. The van der Waals surface area contributed by atoms with Crippen LogP contribution in [0.5, 0.6) is 5.88 Å². The Morgan fingerprint density at radius 1 is 1.18 bits per heavy atom. The highest BCUT2D eigenvalue weighted by atomic mass is 32.2. The maximum absolute atomic E-state index is 13.6. The van der Waals surface area contributed by atoms with Crippen LogP contribution in [0, 0.1) is 5.92 Å². The van der Waals surface area contributed by atoms with Crippen LogP contribution in [0.25, 0.3) is 10.3 Å². The Balaban J connectivity index is 1.39. The zero-order valence-electron chi connectivity index (χ0n) is 21.5. The number of carbonyl (C=O) groups excluding carboxylic acids is 1. The molecule has 39 heavy (non-hydrogen) atoms. The minimum absolute atomic E-state index is 0.00520. The Kier molecular flexibility index (Phi) is 8.12. The third kappa shape index (κ3) is 5.91. The van der Waals surface area contributed by atoms with E-state index in [4.69, 9.17) is 4.74 Å². The molecule has 2 aliphatic rings. The van der Waals surface area contributed by atoms with Gasteiger partial charge in [-0.05, 0) is 36.1 Å². The van der Waals surface area contributed by atoms with Gasteiger partial charge in [0.05, 0.1) is 17.9 Å². The summed E-state index contributed by atoms with van der Waals surface area (Å²) >= 11 is 1.26. The lowest BCUT2D eigenvalue weighted by Gasteiger charge is -2.32. The Labute approximate surface area is 230 Å². The number of nitrogens with zero attached hydrogens (tertiary/aromatic N) is 3. The quantitative estimate of drug-likeness (QED) is 0.351. The number of hydrogen-bond acceptors (Lipinski definition) is 9. The fourth-order valence-electron chi connectivity index (χ4n) is 5.33. The highest BCUT2D eigenvalue weighted by Gasteiger charge is 2.38. The lowest BCUT2D eigenvalue weighted by atomic mass is 9.87. The molecule has 2 fully saturated rings. The Bertz CT molecular complexity index is 1450. The number of ether oxygens (including phenoxy) is 1. The van der Waals surface area contributed by atoms with Crippen molar-refractivity contribution in [3.8, 4) is 5.88 Å². The lowest BCUT2D eigenvalue weighted by Crippen LogP contribution is -2.56. The van der Waals surface area contributed by atoms with Gasteiger partial charge in [0.2, 0.25) is 21.8 Å². The van der Waals surface area contributed by atoms with Crippen molar-refractivity contribution in [3.63, 3.8) is 0 Å². The van der Waals surface area contributed by atoms with Crippen LogP contribution in [-0.2, 0) is 19.6 Å². The van der Waals surface area contributed by atoms with Crippen molar-refractivity contribution in [2.75, 3.05) is 32.1 Å². The van der Waals surface area contributed by atoms with Gasteiger partial charge in [0.15, 0.2) is 5.13 Å². The number of rotatable bonds is 9. The molecule has 0 radical (unpaired) electrons. The van der Waals surface area contributed by atoms with Crippen molar-refractivity contribution in [1.82, 2.24) is 19.6 Å². The maximum Gasteiger partial charge on any atom is 0.323 e. The van der Waals surface area contributed by atoms with E-state index in [1.807, 2.05) is 0 Å². The van der Waals surface area contributed by atoms with Crippen LogP contribution in [0.1, 0.15) is 43.6 Å². The zero-order chi connectivity index (χ0) is 27.6. The Morgan fingerprint density at radius 3 is 2.62 bits per heavy atom. The van der Waals surface area contributed by atoms with Crippen molar-refractivity contribution in [1.29, 1.82) is 0 Å². The molecule has 2 atom stereocenters. The third-order valence-corrected chi connectivity index (χ3v) is 10.2. The molecule has 1 aliphatic heterocycles. The molecule has 1 amide bonds. The Morgan fingerprint density at radius 2 is 1.92 bits per heavy atom. The molecule has 3 N–H and O–H groups in total. The van der Waals surface area contributed by atoms with Crippen LogP contribution in [-0.4, -0.2) is 72.5 Å². The van der Waals surface area contributed by atoms with Crippen molar-refractivity contribution in [3.05, 3.63) is 42.0 Å². The monoisotopic (exact) mass is 573 g/mol. The summed E-state index contributed by atoms with van der Waals surface area (Å²) < 4.78 is 32.8. The van der Waals surface area contributed by atoms with Gasteiger partial charge in [0.25, 0.3) is 0 Å². The first-order chi connectivity index (χ1) is 18.8. The number of sulfonamides is 1. The Hall–Kier alpha value is -3.13. The molecule has 1 unspecified atom stereocenters. The van der Waals surface area contributed by atoms with E-state index in [9.17, 15) is 23.1 Å². The summed E-state index contributed by atoms with van der Waals surface area (Å²) in [5, 5.41) is 15.8. The fraction of sp³-hybridized carbons (Fsp3) is 0.462. The average Bonchev–Trinajstić information content (AvgIpc) is 3.60. The van der Waals surface area contributed by atoms with Crippen LogP contribution in [0.4, 0.5) is 5.13 Å². The summed E-state index contributed by atoms with van der Waals surface area (Å²) in [7, 11) is -2.49. The summed E-state index contributed by atoms with van der Waals surface area (Å²) in [5.74, 6) is -1.03. The number of aliphatic carboxylic acids is 1. The molecule has 1 saturated heterocycles. The normalized spacial score (nSPS) is 19.7. The van der Waals surface area contributed by atoms with E-state index in [1.165, 1.54) is 30.6 Å². The van der Waals surface area contributed by atoms with Crippen molar-refractivity contribution in [2.45, 2.75) is 49.0 Å². The number of benzene rings is 1. The maximum atomic E-state index is 13.6. The zero-order valence-corrected chi connectivity index (χ0v) is 23.1. The summed E-state index contributed by atoms with van der Waals surface area (Å²) in [4.78, 5) is 34.7. The second kappa shape index (κ2) is 11.5. The number of aromatic nitrogens is 2. The van der Waals surface area contributed by atoms with Gasteiger partial charge in [-0.3, -0.25) is 9.59 Å². The van der Waals surface area contributed by atoms with E-state index in [2.05, 4.69) is 20.6 Å². The SMILES string of the molecule is COc1ccc2nc(NC(=O)[C@H](CC3CCCC3)c3ccc(S(=O)(=O)N4CCNCC4C(=O)O)cc3)sc2n1. The second-order valence-corrected chi connectivity index (χ2v) is 12.7. The topological polar surface area (TPSA) is 151 Å². The number of carboxylic acid groups (broad SMARTS) is 1. The number of carbonyl (C=O) groups is 2. The summed E-state index contributed by atoms with van der Waals surface area (Å²) in [6.45, 7) is 0.486. The fourth-order valence-corrected chi connectivity index (χ4v) is 7.74. The first-order valence-electron chi connectivity index (χ1n) is 12.9. The minimum Gasteiger partial charge on any atom is -0.481 e. The molecule has 1 aliphatic carbocycles. The molecule has 1 saturated carbocycles. The molecule has 3 aromatic rings. The van der Waals surface area contributed by atoms with Crippen LogP contribution < -0.4 is 15.4 Å². The van der Waals surface area contributed by atoms with Crippen molar-refractivity contribution in [2.24, 2.45) is 5.92 Å². The van der Waals surface area contributed by atoms with E-state index >= 15 is 0 Å². The smallest absolute Gasteiger partial charge is 0.323 e. The number of hydrogen-bond donors (Lipinski definition) is 3.